The van der Waals surface area contributed by atoms with Gasteiger partial charge in [-0.1, -0.05) is 148 Å². The molecule has 1 aliphatic heterocycles. The Morgan fingerprint density at radius 3 is 1.29 bits per heavy atom. The van der Waals surface area contributed by atoms with E-state index in [1.165, 1.54) is 143 Å². The van der Waals surface area contributed by atoms with Crippen LogP contribution in [0.3, 0.4) is 0 Å². The SMILES string of the molecule is CCCCCCCCCC=Cc1cc(C=CCCCCCCCCC)cc(C2=CC=C(c3cc(CCCC)cc(CCCC)c3)[N+]2=[N-])c1. The molecule has 2 aromatic carbocycles. The fourth-order valence-electron chi connectivity index (χ4n) is 6.72. The second kappa shape index (κ2) is 24.2. The van der Waals surface area contributed by atoms with Crippen molar-refractivity contribution < 1.29 is 4.70 Å². The molecule has 0 saturated carbocycles. The highest BCUT2D eigenvalue weighted by Gasteiger charge is 2.24. The molecule has 0 aromatic heterocycles. The largest absolute Gasteiger partial charge is 0.493 e. The van der Waals surface area contributed by atoms with E-state index in [0.29, 0.717) is 0 Å². The lowest BCUT2D eigenvalue weighted by atomic mass is 9.97. The van der Waals surface area contributed by atoms with Gasteiger partial charge in [-0.3, -0.25) is 0 Å². The van der Waals surface area contributed by atoms with Gasteiger partial charge in [0.15, 0.2) is 0 Å². The molecule has 3 rings (SSSR count). The van der Waals surface area contributed by atoms with Gasteiger partial charge in [-0.15, -0.1) is 0 Å². The molecule has 1 heterocycles. The van der Waals surface area contributed by atoms with Crippen LogP contribution in [0.4, 0.5) is 0 Å². The second-order valence-electron chi connectivity index (χ2n) is 14.2. The van der Waals surface area contributed by atoms with Gasteiger partial charge in [-0.2, -0.15) is 0 Å². The van der Waals surface area contributed by atoms with Crippen molar-refractivity contribution in [3.8, 4) is 0 Å². The fraction of sp³-hybridized carbons (Fsp3) is 0.565. The Balaban J connectivity index is 1.73. The van der Waals surface area contributed by atoms with E-state index in [0.717, 1.165) is 48.2 Å². The van der Waals surface area contributed by atoms with Crippen molar-refractivity contribution in [2.24, 2.45) is 0 Å². The molecule has 0 amide bonds. The maximum atomic E-state index is 11.6. The first-order chi connectivity index (χ1) is 23.6. The fourth-order valence-corrected chi connectivity index (χ4v) is 6.72. The molecule has 0 unspecified atom stereocenters. The van der Waals surface area contributed by atoms with E-state index in [4.69, 9.17) is 0 Å². The van der Waals surface area contributed by atoms with Gasteiger partial charge in [-0.25, -0.2) is 4.70 Å². The third-order valence-corrected chi connectivity index (χ3v) is 9.68. The summed E-state index contributed by atoms with van der Waals surface area (Å²) in [5.41, 5.74) is 20.7. The molecule has 0 N–H and O–H groups in total. The van der Waals surface area contributed by atoms with Gasteiger partial charge in [0, 0.05) is 23.3 Å². The highest BCUT2D eigenvalue weighted by atomic mass is 15.2. The Bertz CT molecular complexity index is 1270. The van der Waals surface area contributed by atoms with E-state index in [1.807, 2.05) is 0 Å². The van der Waals surface area contributed by atoms with Gasteiger partial charge in [0.1, 0.15) is 0 Å². The molecular formula is C46H68N2. The van der Waals surface area contributed by atoms with Crippen LogP contribution in [0.25, 0.3) is 29.1 Å². The highest BCUT2D eigenvalue weighted by Crippen LogP contribution is 2.33. The Hall–Kier alpha value is -3.00. The smallest absolute Gasteiger partial charge is 0.207 e. The van der Waals surface area contributed by atoms with Crippen molar-refractivity contribution in [3.63, 3.8) is 0 Å². The maximum Gasteiger partial charge on any atom is 0.207 e. The van der Waals surface area contributed by atoms with Crippen LogP contribution in [0.5, 0.6) is 0 Å². The van der Waals surface area contributed by atoms with Crippen LogP contribution in [0.15, 0.2) is 60.7 Å². The summed E-state index contributed by atoms with van der Waals surface area (Å²) in [6.45, 7) is 9.08. The third kappa shape index (κ3) is 14.6. The zero-order valence-corrected chi connectivity index (χ0v) is 31.4. The van der Waals surface area contributed by atoms with Crippen molar-refractivity contribution in [3.05, 3.63) is 99.6 Å². The zero-order valence-electron chi connectivity index (χ0n) is 31.4. The van der Waals surface area contributed by atoms with E-state index in [9.17, 15) is 5.53 Å². The molecule has 1 aliphatic rings. The lowest BCUT2D eigenvalue weighted by Gasteiger charge is -2.13. The Labute approximate surface area is 296 Å². The van der Waals surface area contributed by atoms with Crippen LogP contribution < -0.4 is 0 Å². The first-order valence-electron chi connectivity index (χ1n) is 20.1. The van der Waals surface area contributed by atoms with E-state index < -0.39 is 0 Å². The topological polar surface area (TPSA) is 25.3 Å². The van der Waals surface area contributed by atoms with Crippen LogP contribution in [-0.4, -0.2) is 4.70 Å². The number of allylic oxidation sites excluding steroid dienone is 4. The Morgan fingerprint density at radius 1 is 0.458 bits per heavy atom. The van der Waals surface area contributed by atoms with E-state index in [-0.39, 0.29) is 0 Å². The van der Waals surface area contributed by atoms with Crippen LogP contribution >= 0.6 is 0 Å². The number of unbranched alkanes of at least 4 members (excludes halogenated alkanes) is 16. The monoisotopic (exact) mass is 649 g/mol. The molecule has 0 saturated heterocycles. The molecule has 2 aromatic rings. The lowest BCUT2D eigenvalue weighted by molar-refractivity contribution is -0.344. The number of hydrogen-bond acceptors (Lipinski definition) is 0. The normalized spacial score (nSPS) is 13.3. The molecule has 0 bridgehead atoms. The van der Waals surface area contributed by atoms with Gasteiger partial charge in [0.25, 0.3) is 0 Å². The van der Waals surface area contributed by atoms with Gasteiger partial charge < -0.3 is 5.53 Å². The van der Waals surface area contributed by atoms with Crippen molar-refractivity contribution >= 4 is 23.5 Å². The van der Waals surface area contributed by atoms with Crippen molar-refractivity contribution in [1.29, 1.82) is 0 Å². The molecule has 0 atom stereocenters. The molecule has 0 fully saturated rings. The van der Waals surface area contributed by atoms with Gasteiger partial charge in [-0.05, 0) is 104 Å². The number of aryl methyl sites for hydroxylation is 2. The van der Waals surface area contributed by atoms with Gasteiger partial charge in [0.2, 0.25) is 11.4 Å². The molecule has 0 radical (unpaired) electrons. The summed E-state index contributed by atoms with van der Waals surface area (Å²) in [6.07, 6.45) is 41.4. The number of nitrogens with zero attached hydrogens (tertiary/aromatic N) is 2. The van der Waals surface area contributed by atoms with Crippen molar-refractivity contribution in [2.75, 3.05) is 0 Å². The summed E-state index contributed by atoms with van der Waals surface area (Å²) >= 11 is 0. The molecule has 0 aliphatic carbocycles. The molecule has 2 nitrogen and oxygen atoms in total. The molecular weight excluding hydrogens is 581 g/mol. The Morgan fingerprint density at radius 2 is 0.854 bits per heavy atom. The van der Waals surface area contributed by atoms with E-state index in [2.05, 4.69) is 101 Å². The van der Waals surface area contributed by atoms with Crippen molar-refractivity contribution in [1.82, 2.24) is 0 Å². The molecule has 0 spiro atoms. The summed E-state index contributed by atoms with van der Waals surface area (Å²) < 4.78 is 1.43. The number of benzene rings is 2. The van der Waals surface area contributed by atoms with Gasteiger partial charge >= 0.3 is 0 Å². The zero-order chi connectivity index (χ0) is 34.2. The minimum atomic E-state index is 0.850. The summed E-state index contributed by atoms with van der Waals surface area (Å²) in [5, 5.41) is 0. The summed E-state index contributed by atoms with van der Waals surface area (Å²) in [4.78, 5) is 0. The predicted octanol–water partition coefficient (Wildman–Crippen LogP) is 15.1. The number of rotatable bonds is 26. The van der Waals surface area contributed by atoms with E-state index in [1.54, 1.807) is 0 Å². The van der Waals surface area contributed by atoms with Crippen molar-refractivity contribution in [2.45, 2.75) is 169 Å². The average Bonchev–Trinajstić information content (AvgIpc) is 3.49. The van der Waals surface area contributed by atoms with Crippen LogP contribution in [0.1, 0.15) is 189 Å². The Kier molecular flexibility index (Phi) is 19.9. The first-order valence-corrected chi connectivity index (χ1v) is 20.1. The van der Waals surface area contributed by atoms with E-state index >= 15 is 0 Å². The third-order valence-electron chi connectivity index (χ3n) is 9.68. The lowest BCUT2D eigenvalue weighted by Crippen LogP contribution is -2.03. The minimum Gasteiger partial charge on any atom is -0.493 e. The molecule has 48 heavy (non-hydrogen) atoms. The maximum absolute atomic E-state index is 11.6. The summed E-state index contributed by atoms with van der Waals surface area (Å²) in [5.74, 6) is 0. The minimum absolute atomic E-state index is 0.850. The van der Waals surface area contributed by atoms with Gasteiger partial charge in [0.05, 0.1) is 0 Å². The average molecular weight is 649 g/mol. The number of hydrogen-bond donors (Lipinski definition) is 0. The van der Waals surface area contributed by atoms with Crippen LogP contribution in [0, 0.1) is 0 Å². The first kappa shape index (κ1) is 39.4. The predicted molar refractivity (Wildman–Crippen MR) is 213 cm³/mol. The second-order valence-corrected chi connectivity index (χ2v) is 14.2. The summed E-state index contributed by atoms with van der Waals surface area (Å²) in [7, 11) is 0. The highest BCUT2D eigenvalue weighted by molar-refractivity contribution is 5.77. The molecule has 2 heteroatoms. The molecule has 262 valence electrons. The standard InChI is InChI=1S/C46H68N2/c1-5-9-13-15-17-19-21-23-25-29-41-34-42(30-26-24-22-20-18-16-14-10-6-2)38-44(37-41)46-32-31-45(48(46)47)43-35-39(27-11-7-3)33-40(36-43)28-12-8-4/h25-26,29-38H,5-24,27-28H2,1-4H3. The van der Waals surface area contributed by atoms with Crippen LogP contribution in [0.2, 0.25) is 0 Å². The van der Waals surface area contributed by atoms with Crippen LogP contribution in [-0.2, 0) is 12.8 Å². The quantitative estimate of drug-likeness (QED) is 0.0716. The summed E-state index contributed by atoms with van der Waals surface area (Å²) in [6, 6.07) is 13.7.